The van der Waals surface area contributed by atoms with Crippen molar-refractivity contribution in [3.63, 3.8) is 0 Å². The molecule has 4 heteroatoms. The van der Waals surface area contributed by atoms with Crippen LogP contribution in [-0.4, -0.2) is 29.1 Å². The Balaban J connectivity index is 2.30. The quantitative estimate of drug-likeness (QED) is 0.597. The van der Waals surface area contributed by atoms with Gasteiger partial charge in [0.1, 0.15) is 5.03 Å². The Morgan fingerprint density at radius 2 is 2.44 bits per heavy atom. The second kappa shape index (κ2) is 5.34. The van der Waals surface area contributed by atoms with Crippen molar-refractivity contribution in [2.45, 2.75) is 30.3 Å². The van der Waals surface area contributed by atoms with Gasteiger partial charge in [0, 0.05) is 18.3 Å². The summed E-state index contributed by atoms with van der Waals surface area (Å²) in [4.78, 5) is 17.3. The van der Waals surface area contributed by atoms with E-state index in [2.05, 4.69) is 11.1 Å². The summed E-state index contributed by atoms with van der Waals surface area (Å²) >= 11 is 1.65. The van der Waals surface area contributed by atoms with Crippen molar-refractivity contribution in [3.8, 4) is 0 Å². The van der Waals surface area contributed by atoms with Crippen LogP contribution in [-0.2, 0) is 4.79 Å². The number of piperidine rings is 1. The van der Waals surface area contributed by atoms with Crippen molar-refractivity contribution in [1.29, 1.82) is 0 Å². The third-order valence-electron chi connectivity index (χ3n) is 3.03. The monoisotopic (exact) mass is 236 g/mol. The molecule has 3 nitrogen and oxygen atoms in total. The lowest BCUT2D eigenvalue weighted by atomic mass is 9.97. The Bertz CT molecular complexity index is 370. The van der Waals surface area contributed by atoms with Crippen molar-refractivity contribution in [2.75, 3.05) is 12.8 Å². The smallest absolute Gasteiger partial charge is 0.210 e. The van der Waals surface area contributed by atoms with Crippen LogP contribution in [0.3, 0.4) is 0 Å². The molecule has 0 bridgehead atoms. The number of likely N-dealkylation sites (tertiary alicyclic amines) is 1. The zero-order chi connectivity index (χ0) is 11.4. The van der Waals surface area contributed by atoms with Crippen LogP contribution in [0, 0.1) is 0 Å². The first-order chi connectivity index (χ1) is 7.86. The van der Waals surface area contributed by atoms with E-state index in [1.807, 2.05) is 23.4 Å². The molecule has 0 saturated carbocycles. The maximum Gasteiger partial charge on any atom is 0.210 e. The summed E-state index contributed by atoms with van der Waals surface area (Å²) < 4.78 is 0. The van der Waals surface area contributed by atoms with E-state index in [-0.39, 0.29) is 6.04 Å². The number of amides is 1. The van der Waals surface area contributed by atoms with Crippen LogP contribution in [0.15, 0.2) is 23.4 Å². The molecule has 1 amide bonds. The highest BCUT2D eigenvalue weighted by molar-refractivity contribution is 7.98. The van der Waals surface area contributed by atoms with Gasteiger partial charge in [-0.2, -0.15) is 0 Å². The Morgan fingerprint density at radius 3 is 3.19 bits per heavy atom. The maximum absolute atomic E-state index is 11.0. The summed E-state index contributed by atoms with van der Waals surface area (Å²) in [6.45, 7) is 0.872. The largest absolute Gasteiger partial charge is 0.338 e. The van der Waals surface area contributed by atoms with Gasteiger partial charge in [0.25, 0.3) is 0 Å². The van der Waals surface area contributed by atoms with E-state index < -0.39 is 0 Å². The first-order valence-electron chi connectivity index (χ1n) is 5.56. The molecular weight excluding hydrogens is 220 g/mol. The molecule has 1 aromatic rings. The number of thioether (sulfide) groups is 1. The van der Waals surface area contributed by atoms with E-state index in [4.69, 9.17) is 0 Å². The number of hydrogen-bond donors (Lipinski definition) is 0. The zero-order valence-electron chi connectivity index (χ0n) is 9.43. The van der Waals surface area contributed by atoms with E-state index >= 15 is 0 Å². The molecule has 1 aliphatic rings. The predicted molar refractivity (Wildman–Crippen MR) is 65.4 cm³/mol. The Hall–Kier alpha value is -1.03. The van der Waals surface area contributed by atoms with Crippen LogP contribution in [0.5, 0.6) is 0 Å². The van der Waals surface area contributed by atoms with E-state index in [0.29, 0.717) is 0 Å². The van der Waals surface area contributed by atoms with Crippen LogP contribution in [0.2, 0.25) is 0 Å². The molecule has 0 spiro atoms. The van der Waals surface area contributed by atoms with Crippen LogP contribution in [0.1, 0.15) is 30.9 Å². The fraction of sp³-hybridized carbons (Fsp3) is 0.500. The van der Waals surface area contributed by atoms with Crippen molar-refractivity contribution in [3.05, 3.63) is 23.9 Å². The van der Waals surface area contributed by atoms with Gasteiger partial charge in [-0.05, 0) is 31.6 Å². The fourth-order valence-electron chi connectivity index (χ4n) is 2.24. The number of rotatable bonds is 3. The number of aromatic nitrogens is 1. The molecule has 0 aliphatic carbocycles. The molecule has 0 radical (unpaired) electrons. The topological polar surface area (TPSA) is 33.2 Å². The number of pyridine rings is 1. The van der Waals surface area contributed by atoms with Gasteiger partial charge in [0.2, 0.25) is 6.41 Å². The number of carbonyl (C=O) groups excluding carboxylic acids is 1. The normalized spacial score (nSPS) is 20.8. The summed E-state index contributed by atoms with van der Waals surface area (Å²) in [6, 6.07) is 4.26. The maximum atomic E-state index is 11.0. The molecule has 1 fully saturated rings. The fourth-order valence-corrected chi connectivity index (χ4v) is 2.85. The van der Waals surface area contributed by atoms with E-state index in [0.717, 1.165) is 30.8 Å². The van der Waals surface area contributed by atoms with Gasteiger partial charge in [-0.15, -0.1) is 11.8 Å². The van der Waals surface area contributed by atoms with Crippen LogP contribution in [0.25, 0.3) is 0 Å². The number of nitrogens with zero attached hydrogens (tertiary/aromatic N) is 2. The Morgan fingerprint density at radius 1 is 1.56 bits per heavy atom. The summed E-state index contributed by atoms with van der Waals surface area (Å²) in [6.07, 6.45) is 8.17. The second-order valence-electron chi connectivity index (χ2n) is 3.96. The number of hydrogen-bond acceptors (Lipinski definition) is 3. The van der Waals surface area contributed by atoms with Crippen molar-refractivity contribution < 1.29 is 4.79 Å². The average Bonchev–Trinajstić information content (AvgIpc) is 2.38. The standard InChI is InChI=1S/C12H16N2OS/c1-16-12-10(5-4-7-13-12)11-6-2-3-8-14(11)9-15/h4-5,7,9,11H,2-3,6,8H2,1H3/t11-/m1/s1. The molecular formula is C12H16N2OS. The van der Waals surface area contributed by atoms with Crippen LogP contribution >= 0.6 is 11.8 Å². The van der Waals surface area contributed by atoms with Gasteiger partial charge in [-0.1, -0.05) is 6.07 Å². The highest BCUT2D eigenvalue weighted by Gasteiger charge is 2.24. The number of carbonyl (C=O) groups is 1. The van der Waals surface area contributed by atoms with Crippen LogP contribution in [0.4, 0.5) is 0 Å². The van der Waals surface area contributed by atoms with Crippen molar-refractivity contribution >= 4 is 18.2 Å². The first-order valence-corrected chi connectivity index (χ1v) is 6.79. The summed E-state index contributed by atoms with van der Waals surface area (Å²) in [7, 11) is 0. The van der Waals surface area contributed by atoms with E-state index in [9.17, 15) is 4.79 Å². The Labute approximate surface area is 100 Å². The SMILES string of the molecule is CSc1ncccc1[C@H]1CCCCN1C=O. The molecule has 1 aliphatic heterocycles. The molecule has 0 aromatic carbocycles. The van der Waals surface area contributed by atoms with Gasteiger partial charge >= 0.3 is 0 Å². The third kappa shape index (κ3) is 2.21. The van der Waals surface area contributed by atoms with Gasteiger partial charge in [0.15, 0.2) is 0 Å². The van der Waals surface area contributed by atoms with Gasteiger partial charge < -0.3 is 4.90 Å². The lowest BCUT2D eigenvalue weighted by molar-refractivity contribution is -0.121. The zero-order valence-corrected chi connectivity index (χ0v) is 10.2. The minimum atomic E-state index is 0.224. The first kappa shape index (κ1) is 11.5. The molecule has 2 heterocycles. The summed E-state index contributed by atoms with van der Waals surface area (Å²) in [5.74, 6) is 0. The lowest BCUT2D eigenvalue weighted by Gasteiger charge is -2.33. The van der Waals surface area contributed by atoms with Crippen molar-refractivity contribution in [2.24, 2.45) is 0 Å². The second-order valence-corrected chi connectivity index (χ2v) is 4.75. The molecule has 1 atom stereocenters. The lowest BCUT2D eigenvalue weighted by Crippen LogP contribution is -2.32. The van der Waals surface area contributed by atoms with E-state index in [1.165, 1.54) is 12.0 Å². The minimum Gasteiger partial charge on any atom is -0.338 e. The van der Waals surface area contributed by atoms with Gasteiger partial charge in [0.05, 0.1) is 6.04 Å². The highest BCUT2D eigenvalue weighted by atomic mass is 32.2. The van der Waals surface area contributed by atoms with Crippen LogP contribution < -0.4 is 0 Å². The van der Waals surface area contributed by atoms with Gasteiger partial charge in [-0.3, -0.25) is 4.79 Å². The Kier molecular flexibility index (Phi) is 3.83. The van der Waals surface area contributed by atoms with Crippen molar-refractivity contribution in [1.82, 2.24) is 9.88 Å². The molecule has 0 unspecified atom stereocenters. The average molecular weight is 236 g/mol. The highest BCUT2D eigenvalue weighted by Crippen LogP contribution is 2.33. The summed E-state index contributed by atoms with van der Waals surface area (Å²) in [5.41, 5.74) is 1.20. The molecule has 0 N–H and O–H groups in total. The minimum absolute atomic E-state index is 0.224. The molecule has 16 heavy (non-hydrogen) atoms. The van der Waals surface area contributed by atoms with Gasteiger partial charge in [-0.25, -0.2) is 4.98 Å². The predicted octanol–water partition coefficient (Wildman–Crippen LogP) is 2.49. The molecule has 86 valence electrons. The molecule has 1 aromatic heterocycles. The molecule has 2 rings (SSSR count). The third-order valence-corrected chi connectivity index (χ3v) is 3.76. The summed E-state index contributed by atoms with van der Waals surface area (Å²) in [5, 5.41) is 1.04. The molecule has 1 saturated heterocycles. The van der Waals surface area contributed by atoms with E-state index in [1.54, 1.807) is 11.8 Å².